The fraction of sp³-hybridized carbons (Fsp3) is 0.250. The zero-order valence-corrected chi connectivity index (χ0v) is 22.4. The van der Waals surface area contributed by atoms with Gasteiger partial charge in [-0.25, -0.2) is 28.7 Å². The number of aromatic nitrogens is 6. The number of halogens is 2. The molecule has 1 N–H and O–H groups in total. The van der Waals surface area contributed by atoms with Crippen LogP contribution < -0.4 is 14.8 Å². The van der Waals surface area contributed by atoms with Crippen LogP contribution in [-0.2, 0) is 11.3 Å². The first-order chi connectivity index (χ1) is 19.4. The maximum absolute atomic E-state index is 15.0. The van der Waals surface area contributed by atoms with Crippen molar-refractivity contribution in [1.29, 1.82) is 0 Å². The van der Waals surface area contributed by atoms with E-state index < -0.39 is 11.6 Å². The topological polar surface area (TPSA) is 109 Å². The summed E-state index contributed by atoms with van der Waals surface area (Å²) < 4.78 is 47.2. The number of nitrogens with one attached hydrogen (secondary N) is 1. The van der Waals surface area contributed by atoms with Crippen LogP contribution in [-0.4, -0.2) is 57.1 Å². The second-order valence-electron chi connectivity index (χ2n) is 8.91. The highest BCUT2D eigenvalue weighted by Gasteiger charge is 2.20. The van der Waals surface area contributed by atoms with Crippen LogP contribution in [0.4, 0.5) is 20.4 Å². The van der Waals surface area contributed by atoms with Gasteiger partial charge in [0, 0.05) is 42.0 Å². The van der Waals surface area contributed by atoms with Gasteiger partial charge in [0.05, 0.1) is 32.0 Å². The van der Waals surface area contributed by atoms with Crippen LogP contribution in [0.3, 0.4) is 0 Å². The molecule has 0 saturated carbocycles. The molecular formula is C28H27F2N7O3. The van der Waals surface area contributed by atoms with E-state index in [1.54, 1.807) is 13.0 Å². The van der Waals surface area contributed by atoms with Crippen molar-refractivity contribution in [1.82, 2.24) is 29.7 Å². The summed E-state index contributed by atoms with van der Waals surface area (Å²) in [7, 11) is 3.03. The van der Waals surface area contributed by atoms with Gasteiger partial charge in [0.1, 0.15) is 41.3 Å². The third-order valence-electron chi connectivity index (χ3n) is 6.04. The van der Waals surface area contributed by atoms with Gasteiger partial charge in [-0.1, -0.05) is 18.2 Å². The van der Waals surface area contributed by atoms with Gasteiger partial charge in [-0.05, 0) is 19.9 Å². The number of hydrogen-bond donors (Lipinski definition) is 1. The standard InChI is InChI=1S/C28H27F2N7O3/c1-16-11-25(33-17(2)32-16)34-27-24(39-4)14-31-28(35-27)26-19-7-5-6-8-23(19)37(36-26)15-20-21(29)12-18(13-22(20)30)40-10-9-38-3/h5-8,11-14H,9-10,15H2,1-4H3,(H,31,32,33,34,35). The second kappa shape index (κ2) is 11.6. The van der Waals surface area contributed by atoms with Crippen LogP contribution in [0.2, 0.25) is 0 Å². The highest BCUT2D eigenvalue weighted by Crippen LogP contribution is 2.31. The van der Waals surface area contributed by atoms with E-state index in [0.29, 0.717) is 52.2 Å². The number of anilines is 2. The molecule has 0 amide bonds. The van der Waals surface area contributed by atoms with Gasteiger partial charge >= 0.3 is 0 Å². The molecule has 3 aromatic heterocycles. The molecule has 0 spiro atoms. The number of rotatable bonds is 10. The van der Waals surface area contributed by atoms with E-state index in [4.69, 9.17) is 14.2 Å². The molecule has 0 saturated heterocycles. The molecule has 3 heterocycles. The van der Waals surface area contributed by atoms with Crippen molar-refractivity contribution in [2.75, 3.05) is 32.8 Å². The Hall–Kier alpha value is -4.71. The summed E-state index contributed by atoms with van der Waals surface area (Å²) in [5, 5.41) is 8.55. The normalized spacial score (nSPS) is 11.2. The lowest BCUT2D eigenvalue weighted by atomic mass is 10.1. The zero-order chi connectivity index (χ0) is 28.2. The molecule has 0 atom stereocenters. The predicted octanol–water partition coefficient (Wildman–Crippen LogP) is 5.00. The molecule has 0 aliphatic rings. The van der Waals surface area contributed by atoms with Gasteiger partial charge in [0.15, 0.2) is 17.4 Å². The van der Waals surface area contributed by atoms with Crippen molar-refractivity contribution < 1.29 is 23.0 Å². The fourth-order valence-corrected chi connectivity index (χ4v) is 4.25. The van der Waals surface area contributed by atoms with Crippen LogP contribution in [0, 0.1) is 25.5 Å². The van der Waals surface area contributed by atoms with Crippen LogP contribution in [0.15, 0.2) is 48.7 Å². The summed E-state index contributed by atoms with van der Waals surface area (Å²) in [6, 6.07) is 11.4. The molecule has 5 rings (SSSR count). The largest absolute Gasteiger partial charge is 0.491 e. The number of hydrogen-bond acceptors (Lipinski definition) is 9. The Labute approximate surface area is 229 Å². The van der Waals surface area contributed by atoms with Crippen LogP contribution in [0.1, 0.15) is 17.1 Å². The number of methoxy groups -OCH3 is 2. The van der Waals surface area contributed by atoms with Crippen molar-refractivity contribution in [3.63, 3.8) is 0 Å². The van der Waals surface area contributed by atoms with E-state index in [1.165, 1.54) is 25.1 Å². The van der Waals surface area contributed by atoms with Gasteiger partial charge in [0.25, 0.3) is 0 Å². The molecule has 0 unspecified atom stereocenters. The number of nitrogens with zero attached hydrogens (tertiary/aromatic N) is 6. The lowest BCUT2D eigenvalue weighted by Gasteiger charge is -2.11. The Bertz CT molecular complexity index is 1630. The number of ether oxygens (including phenoxy) is 3. The van der Waals surface area contributed by atoms with Crippen molar-refractivity contribution in [2.45, 2.75) is 20.4 Å². The highest BCUT2D eigenvalue weighted by atomic mass is 19.1. The Kier molecular flexibility index (Phi) is 7.78. The van der Waals surface area contributed by atoms with Crippen molar-refractivity contribution in [3.8, 4) is 23.0 Å². The minimum atomic E-state index is -0.740. The lowest BCUT2D eigenvalue weighted by molar-refractivity contribution is 0.146. The Balaban J connectivity index is 1.51. The molecule has 0 bridgehead atoms. The van der Waals surface area contributed by atoms with E-state index >= 15 is 0 Å². The molecule has 0 aliphatic carbocycles. The molecular weight excluding hydrogens is 520 g/mol. The first-order valence-electron chi connectivity index (χ1n) is 12.4. The minimum absolute atomic E-state index is 0.0857. The van der Waals surface area contributed by atoms with Crippen molar-refractivity contribution >= 4 is 22.5 Å². The smallest absolute Gasteiger partial charge is 0.183 e. The summed E-state index contributed by atoms with van der Waals surface area (Å²) in [6.07, 6.45) is 1.53. The maximum atomic E-state index is 15.0. The third kappa shape index (κ3) is 5.66. The number of aryl methyl sites for hydroxylation is 2. The SMILES string of the molecule is COCCOc1cc(F)c(Cn2nc(-c3ncc(OC)c(Nc4cc(C)nc(C)n4)n3)c3ccccc32)c(F)c1. The third-order valence-corrected chi connectivity index (χ3v) is 6.04. The second-order valence-corrected chi connectivity index (χ2v) is 8.91. The Morgan fingerprint density at radius 1 is 0.950 bits per heavy atom. The van der Waals surface area contributed by atoms with Gasteiger partial charge in [0.2, 0.25) is 0 Å². The van der Waals surface area contributed by atoms with E-state index in [-0.39, 0.29) is 24.5 Å². The highest BCUT2D eigenvalue weighted by molar-refractivity contribution is 5.92. The predicted molar refractivity (Wildman–Crippen MR) is 145 cm³/mol. The number of para-hydroxylation sites is 1. The van der Waals surface area contributed by atoms with Gasteiger partial charge in [-0.2, -0.15) is 5.10 Å². The molecule has 0 radical (unpaired) electrons. The van der Waals surface area contributed by atoms with Crippen LogP contribution in [0.25, 0.3) is 22.4 Å². The summed E-state index contributed by atoms with van der Waals surface area (Å²) >= 11 is 0. The first-order valence-corrected chi connectivity index (χ1v) is 12.4. The monoisotopic (exact) mass is 547 g/mol. The Morgan fingerprint density at radius 2 is 1.73 bits per heavy atom. The molecule has 40 heavy (non-hydrogen) atoms. The lowest BCUT2D eigenvalue weighted by Crippen LogP contribution is -2.09. The average Bonchev–Trinajstić information content (AvgIpc) is 3.29. The van der Waals surface area contributed by atoms with E-state index in [1.807, 2.05) is 31.2 Å². The summed E-state index contributed by atoms with van der Waals surface area (Å²) in [5.41, 5.74) is 1.75. The minimum Gasteiger partial charge on any atom is -0.491 e. The van der Waals surface area contributed by atoms with Gasteiger partial charge < -0.3 is 19.5 Å². The summed E-state index contributed by atoms with van der Waals surface area (Å²) in [5.74, 6) is 0.833. The Morgan fingerprint density at radius 3 is 2.45 bits per heavy atom. The molecule has 12 heteroatoms. The van der Waals surface area contributed by atoms with Crippen molar-refractivity contribution in [2.24, 2.45) is 0 Å². The first kappa shape index (κ1) is 26.9. The molecule has 0 fully saturated rings. The van der Waals surface area contributed by atoms with Gasteiger partial charge in [-0.15, -0.1) is 0 Å². The number of benzene rings is 2. The average molecular weight is 548 g/mol. The zero-order valence-electron chi connectivity index (χ0n) is 22.4. The quantitative estimate of drug-likeness (QED) is 0.242. The molecule has 2 aromatic carbocycles. The summed E-state index contributed by atoms with van der Waals surface area (Å²) in [4.78, 5) is 17.8. The van der Waals surface area contributed by atoms with E-state index in [0.717, 1.165) is 17.8 Å². The summed E-state index contributed by atoms with van der Waals surface area (Å²) in [6.45, 7) is 3.99. The molecule has 206 valence electrons. The van der Waals surface area contributed by atoms with Crippen molar-refractivity contribution in [3.05, 3.63) is 77.4 Å². The maximum Gasteiger partial charge on any atom is 0.183 e. The van der Waals surface area contributed by atoms with Crippen LogP contribution >= 0.6 is 0 Å². The fourth-order valence-electron chi connectivity index (χ4n) is 4.25. The molecule has 10 nitrogen and oxygen atoms in total. The molecule has 0 aliphatic heterocycles. The van der Waals surface area contributed by atoms with E-state index in [2.05, 4.69) is 30.4 Å². The van der Waals surface area contributed by atoms with E-state index in [9.17, 15) is 8.78 Å². The van der Waals surface area contributed by atoms with Crippen LogP contribution in [0.5, 0.6) is 11.5 Å². The number of fused-ring (bicyclic) bond motifs is 1. The van der Waals surface area contributed by atoms with Gasteiger partial charge in [-0.3, -0.25) is 4.68 Å². The molecule has 5 aromatic rings.